The van der Waals surface area contributed by atoms with Crippen LogP contribution in [0.5, 0.6) is 0 Å². The zero-order valence-corrected chi connectivity index (χ0v) is 18.3. The maximum absolute atomic E-state index is 12.5. The Morgan fingerprint density at radius 3 is 2.52 bits per heavy atom. The van der Waals surface area contributed by atoms with Crippen molar-refractivity contribution in [2.24, 2.45) is 0 Å². The number of alkyl halides is 3. The molecule has 2 aromatic rings. The van der Waals surface area contributed by atoms with E-state index >= 15 is 0 Å². The first-order valence-electron chi connectivity index (χ1n) is 11.3. The summed E-state index contributed by atoms with van der Waals surface area (Å²) in [5, 5.41) is 3.01. The first kappa shape index (κ1) is 23.7. The van der Waals surface area contributed by atoms with Crippen LogP contribution in [0.25, 0.3) is 0 Å². The Morgan fingerprint density at radius 2 is 1.84 bits per heavy atom. The summed E-state index contributed by atoms with van der Waals surface area (Å²) >= 11 is 0. The van der Waals surface area contributed by atoms with Gasteiger partial charge in [0, 0.05) is 24.4 Å². The smallest absolute Gasteiger partial charge is 0.375 e. The highest BCUT2D eigenvalue weighted by atomic mass is 19.4. The fourth-order valence-electron chi connectivity index (χ4n) is 4.68. The lowest BCUT2D eigenvalue weighted by Gasteiger charge is -2.38. The van der Waals surface area contributed by atoms with E-state index in [0.717, 1.165) is 25.6 Å². The summed E-state index contributed by atoms with van der Waals surface area (Å²) in [5.74, 6) is 0.619. The monoisotopic (exact) mass is 434 g/mol. The maximum Gasteiger partial charge on any atom is 0.416 e. The molecule has 0 bridgehead atoms. The molecule has 2 fully saturated rings. The highest BCUT2D eigenvalue weighted by Gasteiger charge is 2.40. The minimum Gasteiger partial charge on any atom is -0.375 e. The average Bonchev–Trinajstić information content (AvgIpc) is 3.22. The van der Waals surface area contributed by atoms with Crippen LogP contribution in [0.2, 0.25) is 0 Å². The molecule has 1 N–H and O–H groups in total. The van der Waals surface area contributed by atoms with E-state index in [1.165, 1.54) is 49.9 Å². The number of aromatic nitrogens is 1. The fourth-order valence-corrected chi connectivity index (χ4v) is 4.68. The molecule has 1 aromatic heterocycles. The summed E-state index contributed by atoms with van der Waals surface area (Å²) in [6.45, 7) is 4.19. The van der Waals surface area contributed by atoms with Gasteiger partial charge in [0.05, 0.1) is 11.2 Å². The fraction of sp³-hybridized carbons (Fsp3) is 0.560. The lowest BCUT2D eigenvalue weighted by atomic mass is 9.83. The third-order valence-corrected chi connectivity index (χ3v) is 6.26. The average molecular weight is 435 g/mol. The van der Waals surface area contributed by atoms with E-state index < -0.39 is 11.7 Å². The molecule has 1 aliphatic heterocycles. The van der Waals surface area contributed by atoms with Crippen molar-refractivity contribution >= 4 is 0 Å². The van der Waals surface area contributed by atoms with Crippen LogP contribution in [0.4, 0.5) is 13.2 Å². The molecule has 1 saturated heterocycles. The van der Waals surface area contributed by atoms with Crippen LogP contribution in [0.3, 0.4) is 0 Å². The summed E-state index contributed by atoms with van der Waals surface area (Å²) in [6, 6.07) is 12.0. The number of pyridine rings is 1. The molecule has 3 nitrogen and oxygen atoms in total. The summed E-state index contributed by atoms with van der Waals surface area (Å²) in [6.07, 6.45) is 5.60. The lowest BCUT2D eigenvalue weighted by molar-refractivity contribution is -0.138. The van der Waals surface area contributed by atoms with Crippen molar-refractivity contribution in [3.63, 3.8) is 0 Å². The van der Waals surface area contributed by atoms with Gasteiger partial charge in [0.2, 0.25) is 0 Å². The van der Waals surface area contributed by atoms with Crippen molar-refractivity contribution in [2.45, 2.75) is 69.6 Å². The second kappa shape index (κ2) is 11.1. The second-order valence-corrected chi connectivity index (χ2v) is 8.44. The van der Waals surface area contributed by atoms with E-state index in [2.05, 4.69) is 22.4 Å². The lowest BCUT2D eigenvalue weighted by Crippen LogP contribution is -2.36. The summed E-state index contributed by atoms with van der Waals surface area (Å²) in [4.78, 5) is 4.50. The minimum atomic E-state index is -4.25. The van der Waals surface area contributed by atoms with Gasteiger partial charge in [0.1, 0.15) is 0 Å². The number of nitrogens with one attached hydrogen (secondary N) is 1. The third-order valence-electron chi connectivity index (χ3n) is 6.26. The molecule has 1 aliphatic carbocycles. The number of nitrogens with zero attached hydrogens (tertiary/aromatic N) is 1. The maximum atomic E-state index is 12.5. The molecule has 1 saturated carbocycles. The van der Waals surface area contributed by atoms with Crippen LogP contribution >= 0.6 is 0 Å². The van der Waals surface area contributed by atoms with Crippen molar-refractivity contribution in [1.29, 1.82) is 0 Å². The van der Waals surface area contributed by atoms with E-state index in [1.807, 2.05) is 19.2 Å². The van der Waals surface area contributed by atoms with Crippen LogP contribution in [-0.4, -0.2) is 30.3 Å². The zero-order chi connectivity index (χ0) is 22.2. The van der Waals surface area contributed by atoms with Gasteiger partial charge in [-0.1, -0.05) is 44.0 Å². The Morgan fingerprint density at radius 1 is 1.10 bits per heavy atom. The van der Waals surface area contributed by atoms with Crippen molar-refractivity contribution in [3.05, 3.63) is 65.5 Å². The predicted octanol–water partition coefficient (Wildman–Crippen LogP) is 6.15. The van der Waals surface area contributed by atoms with Crippen LogP contribution in [0.15, 0.2) is 48.7 Å². The van der Waals surface area contributed by atoms with Crippen molar-refractivity contribution < 1.29 is 17.9 Å². The van der Waals surface area contributed by atoms with Gasteiger partial charge in [-0.3, -0.25) is 4.98 Å². The van der Waals surface area contributed by atoms with Gasteiger partial charge in [-0.05, 0) is 69.0 Å². The molecule has 1 unspecified atom stereocenters. The van der Waals surface area contributed by atoms with Gasteiger partial charge >= 0.3 is 6.18 Å². The van der Waals surface area contributed by atoms with E-state index in [0.29, 0.717) is 24.4 Å². The minimum absolute atomic E-state index is 0.209. The molecule has 2 heterocycles. The SMILES string of the molecule is CCNCCc1ccccc1C(F)(F)F.c1ccc(C2CCOC3(CCCC3)C2)nc1. The van der Waals surface area contributed by atoms with E-state index in [4.69, 9.17) is 4.74 Å². The third kappa shape index (κ3) is 6.78. The topological polar surface area (TPSA) is 34.1 Å². The van der Waals surface area contributed by atoms with Gasteiger partial charge in [-0.25, -0.2) is 0 Å². The molecule has 2 aliphatic rings. The van der Waals surface area contributed by atoms with Crippen molar-refractivity contribution in [2.75, 3.05) is 19.7 Å². The normalized spacial score (nSPS) is 20.3. The molecule has 1 atom stereocenters. The van der Waals surface area contributed by atoms with Gasteiger partial charge in [-0.2, -0.15) is 13.2 Å². The number of hydrogen-bond acceptors (Lipinski definition) is 3. The predicted molar refractivity (Wildman–Crippen MR) is 117 cm³/mol. The van der Waals surface area contributed by atoms with Gasteiger partial charge in [0.15, 0.2) is 0 Å². The molecular formula is C25H33F3N2O. The molecule has 1 aromatic carbocycles. The second-order valence-electron chi connectivity index (χ2n) is 8.44. The Hall–Kier alpha value is -1.92. The Kier molecular flexibility index (Phi) is 8.50. The van der Waals surface area contributed by atoms with E-state index in [-0.39, 0.29) is 5.60 Å². The number of benzene rings is 1. The standard InChI is InChI=1S/C14H19NO.C11H14F3N/c1-4-9-15-13(5-1)12-6-10-16-14(11-12)7-2-3-8-14;1-2-15-8-7-9-5-3-4-6-10(9)11(12,13)14/h1,4-5,9,12H,2-3,6-8,10-11H2;3-6,15H,2,7-8H2,1H3. The van der Waals surface area contributed by atoms with Gasteiger partial charge in [0.25, 0.3) is 0 Å². The van der Waals surface area contributed by atoms with Crippen molar-refractivity contribution in [3.8, 4) is 0 Å². The number of halogens is 3. The van der Waals surface area contributed by atoms with Gasteiger partial charge < -0.3 is 10.1 Å². The van der Waals surface area contributed by atoms with Crippen LogP contribution in [0.1, 0.15) is 68.2 Å². The molecule has 0 radical (unpaired) electrons. The number of rotatable bonds is 5. The largest absolute Gasteiger partial charge is 0.416 e. The molecule has 170 valence electrons. The number of ether oxygens (including phenoxy) is 1. The van der Waals surface area contributed by atoms with Crippen LogP contribution in [0, 0.1) is 0 Å². The summed E-state index contributed by atoms with van der Waals surface area (Å²) in [5.41, 5.74) is 1.30. The molecule has 4 rings (SSSR count). The molecule has 6 heteroatoms. The quantitative estimate of drug-likeness (QED) is 0.574. The highest BCUT2D eigenvalue weighted by molar-refractivity contribution is 5.29. The highest BCUT2D eigenvalue weighted by Crippen LogP contribution is 2.44. The Bertz CT molecular complexity index is 789. The number of likely N-dealkylation sites (N-methyl/N-ethyl adjacent to an activating group) is 1. The van der Waals surface area contributed by atoms with Crippen LogP contribution < -0.4 is 5.32 Å². The first-order chi connectivity index (χ1) is 14.9. The molecule has 1 spiro atoms. The first-order valence-corrected chi connectivity index (χ1v) is 11.3. The molecule has 31 heavy (non-hydrogen) atoms. The molecular weight excluding hydrogens is 401 g/mol. The number of hydrogen-bond donors (Lipinski definition) is 1. The van der Waals surface area contributed by atoms with Crippen molar-refractivity contribution in [1.82, 2.24) is 10.3 Å². The van der Waals surface area contributed by atoms with E-state index in [9.17, 15) is 13.2 Å². The molecule has 0 amide bonds. The summed E-state index contributed by atoms with van der Waals surface area (Å²) < 4.78 is 43.7. The van der Waals surface area contributed by atoms with Crippen LogP contribution in [-0.2, 0) is 17.3 Å². The zero-order valence-electron chi connectivity index (χ0n) is 18.3. The summed E-state index contributed by atoms with van der Waals surface area (Å²) in [7, 11) is 0. The van der Waals surface area contributed by atoms with Gasteiger partial charge in [-0.15, -0.1) is 0 Å². The Balaban J connectivity index is 0.000000176. The Labute approximate surface area is 183 Å². The van der Waals surface area contributed by atoms with E-state index in [1.54, 1.807) is 6.07 Å².